The van der Waals surface area contributed by atoms with Crippen LogP contribution in [0.15, 0.2) is 47.9 Å². The first-order valence-corrected chi connectivity index (χ1v) is 9.28. The molecule has 3 rings (SSSR count). The molecule has 0 saturated heterocycles. The largest absolute Gasteiger partial charge is 0.489 e. The van der Waals surface area contributed by atoms with Crippen molar-refractivity contribution in [2.45, 2.75) is 20.1 Å². The SMILES string of the molecule is CCn1cc(COc2ccc(NC3=C(C(=O)OC)CN(CCO)C3=O)cc2)cn1. The number of aromatic nitrogens is 2. The van der Waals surface area contributed by atoms with Crippen molar-refractivity contribution in [3.05, 3.63) is 53.5 Å². The van der Waals surface area contributed by atoms with Crippen LogP contribution in [0.3, 0.4) is 0 Å². The number of benzene rings is 1. The van der Waals surface area contributed by atoms with Crippen molar-refractivity contribution in [2.24, 2.45) is 0 Å². The number of hydrogen-bond acceptors (Lipinski definition) is 7. The van der Waals surface area contributed by atoms with Gasteiger partial charge in [0.25, 0.3) is 5.91 Å². The lowest BCUT2D eigenvalue weighted by Crippen LogP contribution is -2.31. The van der Waals surface area contributed by atoms with Crippen molar-refractivity contribution in [2.75, 3.05) is 32.1 Å². The van der Waals surface area contributed by atoms with Crippen molar-refractivity contribution < 1.29 is 24.2 Å². The van der Waals surface area contributed by atoms with Gasteiger partial charge in [0.2, 0.25) is 0 Å². The zero-order chi connectivity index (χ0) is 20.8. The summed E-state index contributed by atoms with van der Waals surface area (Å²) in [7, 11) is 1.27. The van der Waals surface area contributed by atoms with Gasteiger partial charge in [0.05, 0.1) is 32.0 Å². The minimum atomic E-state index is -0.575. The first kappa shape index (κ1) is 20.4. The Morgan fingerprint density at radius 3 is 2.69 bits per heavy atom. The first-order chi connectivity index (χ1) is 14.0. The molecule has 1 aliphatic heterocycles. The molecule has 1 amide bonds. The lowest BCUT2D eigenvalue weighted by Gasteiger charge is -2.15. The Balaban J connectivity index is 1.67. The van der Waals surface area contributed by atoms with E-state index in [0.717, 1.165) is 12.1 Å². The number of rotatable bonds is 9. The maximum Gasteiger partial charge on any atom is 0.337 e. The number of β-amino-alcohol motifs (C(OH)–C–C–N with tert-alkyl or cyclic N) is 1. The number of esters is 1. The number of ether oxygens (including phenoxy) is 2. The molecule has 0 radical (unpaired) electrons. The van der Waals surface area contributed by atoms with Gasteiger partial charge in [-0.1, -0.05) is 0 Å². The fourth-order valence-corrected chi connectivity index (χ4v) is 2.95. The summed E-state index contributed by atoms with van der Waals surface area (Å²) in [6.07, 6.45) is 3.70. The van der Waals surface area contributed by atoms with Gasteiger partial charge in [-0.2, -0.15) is 5.10 Å². The molecular formula is C20H24N4O5. The summed E-state index contributed by atoms with van der Waals surface area (Å²) in [5.41, 5.74) is 2.00. The maximum atomic E-state index is 12.5. The van der Waals surface area contributed by atoms with Crippen molar-refractivity contribution in [1.82, 2.24) is 14.7 Å². The zero-order valence-electron chi connectivity index (χ0n) is 16.4. The van der Waals surface area contributed by atoms with E-state index in [9.17, 15) is 9.59 Å². The van der Waals surface area contributed by atoms with E-state index >= 15 is 0 Å². The summed E-state index contributed by atoms with van der Waals surface area (Å²) in [5.74, 6) is -0.261. The lowest BCUT2D eigenvalue weighted by atomic mass is 10.2. The fraction of sp³-hybridized carbons (Fsp3) is 0.350. The van der Waals surface area contributed by atoms with Gasteiger partial charge < -0.3 is 24.8 Å². The molecule has 2 aromatic rings. The number of nitrogens with one attached hydrogen (secondary N) is 1. The van der Waals surface area contributed by atoms with Crippen molar-refractivity contribution in [1.29, 1.82) is 0 Å². The van der Waals surface area contributed by atoms with E-state index in [-0.39, 0.29) is 36.9 Å². The Kier molecular flexibility index (Phi) is 6.50. The van der Waals surface area contributed by atoms with Crippen LogP contribution >= 0.6 is 0 Å². The van der Waals surface area contributed by atoms with Crippen LogP contribution < -0.4 is 10.1 Å². The molecule has 154 valence electrons. The normalized spacial score (nSPS) is 13.8. The average Bonchev–Trinajstić information content (AvgIpc) is 3.33. The highest BCUT2D eigenvalue weighted by Crippen LogP contribution is 2.24. The Labute approximate surface area is 168 Å². The van der Waals surface area contributed by atoms with Crippen LogP contribution in [0.2, 0.25) is 0 Å². The van der Waals surface area contributed by atoms with Crippen LogP contribution in [0.4, 0.5) is 5.69 Å². The first-order valence-electron chi connectivity index (χ1n) is 9.28. The summed E-state index contributed by atoms with van der Waals surface area (Å²) in [6.45, 7) is 3.28. The van der Waals surface area contributed by atoms with Crippen LogP contribution in [0.5, 0.6) is 5.75 Å². The van der Waals surface area contributed by atoms with E-state index in [0.29, 0.717) is 18.0 Å². The van der Waals surface area contributed by atoms with Crippen LogP contribution in [0.25, 0.3) is 0 Å². The predicted molar refractivity (Wildman–Crippen MR) is 105 cm³/mol. The van der Waals surface area contributed by atoms with E-state index in [4.69, 9.17) is 14.6 Å². The molecule has 0 fully saturated rings. The average molecular weight is 400 g/mol. The van der Waals surface area contributed by atoms with Crippen molar-refractivity contribution in [3.8, 4) is 5.75 Å². The number of aryl methyl sites for hydroxylation is 1. The fourth-order valence-electron chi connectivity index (χ4n) is 2.95. The summed E-state index contributed by atoms with van der Waals surface area (Å²) in [5, 5.41) is 16.3. The van der Waals surface area contributed by atoms with E-state index < -0.39 is 5.97 Å². The third kappa shape index (κ3) is 4.75. The zero-order valence-corrected chi connectivity index (χ0v) is 16.4. The minimum Gasteiger partial charge on any atom is -0.489 e. The Bertz CT molecular complexity index is 904. The second-order valence-electron chi connectivity index (χ2n) is 6.44. The third-order valence-corrected chi connectivity index (χ3v) is 4.49. The van der Waals surface area contributed by atoms with E-state index in [1.165, 1.54) is 12.0 Å². The van der Waals surface area contributed by atoms with Gasteiger partial charge in [-0.3, -0.25) is 9.48 Å². The van der Waals surface area contributed by atoms with Crippen molar-refractivity contribution >= 4 is 17.6 Å². The number of carbonyl (C=O) groups is 2. The number of amides is 1. The molecule has 0 spiro atoms. The highest BCUT2D eigenvalue weighted by molar-refractivity contribution is 6.08. The number of carbonyl (C=O) groups excluding carboxylic acids is 2. The van der Waals surface area contributed by atoms with Gasteiger partial charge in [-0.05, 0) is 31.2 Å². The predicted octanol–water partition coefficient (Wildman–Crippen LogP) is 1.16. The molecule has 1 aromatic carbocycles. The maximum absolute atomic E-state index is 12.5. The molecule has 0 saturated carbocycles. The topological polar surface area (TPSA) is 106 Å². The number of aliphatic hydroxyl groups is 1. The molecule has 2 N–H and O–H groups in total. The van der Waals surface area contributed by atoms with Gasteiger partial charge in [-0.15, -0.1) is 0 Å². The molecule has 9 nitrogen and oxygen atoms in total. The molecule has 2 heterocycles. The smallest absolute Gasteiger partial charge is 0.337 e. The van der Waals surface area contributed by atoms with Crippen molar-refractivity contribution in [3.63, 3.8) is 0 Å². The van der Waals surface area contributed by atoms with Gasteiger partial charge in [0.1, 0.15) is 18.1 Å². The summed E-state index contributed by atoms with van der Waals surface area (Å²) >= 11 is 0. The Hall–Kier alpha value is -3.33. The number of methoxy groups -OCH3 is 1. The number of aliphatic hydroxyl groups excluding tert-OH is 1. The summed E-state index contributed by atoms with van der Waals surface area (Å²) in [6, 6.07) is 7.06. The van der Waals surface area contributed by atoms with Gasteiger partial charge in [0.15, 0.2) is 0 Å². The Morgan fingerprint density at radius 1 is 1.31 bits per heavy atom. The number of hydrogen-bond donors (Lipinski definition) is 2. The molecule has 1 aromatic heterocycles. The molecule has 29 heavy (non-hydrogen) atoms. The van der Waals surface area contributed by atoms with Gasteiger partial charge in [0, 0.05) is 30.5 Å². The molecule has 0 aliphatic carbocycles. The quantitative estimate of drug-likeness (QED) is 0.609. The monoisotopic (exact) mass is 400 g/mol. The molecule has 9 heteroatoms. The Morgan fingerprint density at radius 2 is 2.07 bits per heavy atom. The molecule has 0 atom stereocenters. The van der Waals surface area contributed by atoms with Gasteiger partial charge >= 0.3 is 5.97 Å². The second kappa shape index (κ2) is 9.24. The minimum absolute atomic E-state index is 0.0983. The molecule has 0 bridgehead atoms. The third-order valence-electron chi connectivity index (χ3n) is 4.49. The second-order valence-corrected chi connectivity index (χ2v) is 6.44. The highest BCUT2D eigenvalue weighted by Gasteiger charge is 2.34. The van der Waals surface area contributed by atoms with Gasteiger partial charge in [-0.25, -0.2) is 4.79 Å². The molecule has 0 unspecified atom stereocenters. The lowest BCUT2D eigenvalue weighted by molar-refractivity contribution is -0.136. The highest BCUT2D eigenvalue weighted by atomic mass is 16.5. The van der Waals surface area contributed by atoms with Crippen LogP contribution in [-0.2, 0) is 27.5 Å². The van der Waals surface area contributed by atoms with E-state index in [1.807, 2.05) is 17.8 Å². The van der Waals surface area contributed by atoms with E-state index in [2.05, 4.69) is 10.4 Å². The summed E-state index contributed by atoms with van der Waals surface area (Å²) < 4.78 is 12.4. The van der Waals surface area contributed by atoms with Crippen LogP contribution in [0, 0.1) is 0 Å². The van der Waals surface area contributed by atoms with Crippen LogP contribution in [0.1, 0.15) is 12.5 Å². The molecular weight excluding hydrogens is 376 g/mol. The standard InChI is InChI=1S/C20H24N4O5/c1-3-24-11-14(10-21-24)13-29-16-6-4-15(5-7-16)22-18-17(20(27)28-2)12-23(8-9-25)19(18)26/h4-7,10-11,22,25H,3,8-9,12-13H2,1-2H3. The van der Waals surface area contributed by atoms with E-state index in [1.54, 1.807) is 30.5 Å². The number of anilines is 1. The number of nitrogens with zero attached hydrogens (tertiary/aromatic N) is 3. The summed E-state index contributed by atoms with van der Waals surface area (Å²) in [4.78, 5) is 25.9. The molecule has 1 aliphatic rings. The van der Waals surface area contributed by atoms with Crippen LogP contribution in [-0.4, -0.2) is 58.5 Å².